The van der Waals surface area contributed by atoms with Crippen LogP contribution in [0.3, 0.4) is 0 Å². The number of hydrogen-bond donors (Lipinski definition) is 2. The Bertz CT molecular complexity index is 929. The smallest absolute Gasteiger partial charge is 0.325 e. The van der Waals surface area contributed by atoms with Gasteiger partial charge in [0.1, 0.15) is 17.8 Å². The SMILES string of the molecule is CCC1(c2ccc(OC)c(C)c2)NC(=O)N(CC(=O)NCc2ccccc2)C1=O. The number of imide groups is 1. The summed E-state index contributed by atoms with van der Waals surface area (Å²) in [6, 6.07) is 14.2. The van der Waals surface area contributed by atoms with Crippen LogP contribution in [0.1, 0.15) is 30.0 Å². The van der Waals surface area contributed by atoms with Crippen LogP contribution < -0.4 is 15.4 Å². The first-order chi connectivity index (χ1) is 13.9. The number of ether oxygens (including phenoxy) is 1. The summed E-state index contributed by atoms with van der Waals surface area (Å²) in [6.07, 6.45) is 0.367. The molecule has 29 heavy (non-hydrogen) atoms. The molecule has 7 nitrogen and oxygen atoms in total. The van der Waals surface area contributed by atoms with Crippen molar-refractivity contribution in [3.63, 3.8) is 0 Å². The second-order valence-corrected chi connectivity index (χ2v) is 7.03. The molecule has 0 bridgehead atoms. The molecule has 4 amide bonds. The van der Waals surface area contributed by atoms with Crippen LogP contribution >= 0.6 is 0 Å². The van der Waals surface area contributed by atoms with Crippen LogP contribution in [0.4, 0.5) is 4.79 Å². The zero-order valence-electron chi connectivity index (χ0n) is 16.8. The summed E-state index contributed by atoms with van der Waals surface area (Å²) >= 11 is 0. The van der Waals surface area contributed by atoms with Gasteiger partial charge in [0.2, 0.25) is 5.91 Å². The molecular formula is C22H25N3O4. The maximum Gasteiger partial charge on any atom is 0.325 e. The largest absolute Gasteiger partial charge is 0.496 e. The van der Waals surface area contributed by atoms with Gasteiger partial charge in [0, 0.05) is 6.54 Å². The van der Waals surface area contributed by atoms with Gasteiger partial charge in [-0.25, -0.2) is 4.79 Å². The average molecular weight is 395 g/mol. The molecule has 0 saturated carbocycles. The maximum atomic E-state index is 13.2. The lowest BCUT2D eigenvalue weighted by Gasteiger charge is -2.26. The number of rotatable bonds is 7. The molecule has 1 fully saturated rings. The fraction of sp³-hybridized carbons (Fsp3) is 0.318. The van der Waals surface area contributed by atoms with Gasteiger partial charge >= 0.3 is 6.03 Å². The van der Waals surface area contributed by atoms with Gasteiger partial charge in [0.25, 0.3) is 5.91 Å². The number of hydrogen-bond acceptors (Lipinski definition) is 4. The van der Waals surface area contributed by atoms with E-state index < -0.39 is 23.4 Å². The third-order valence-electron chi connectivity index (χ3n) is 5.23. The molecular weight excluding hydrogens is 370 g/mol. The number of nitrogens with one attached hydrogen (secondary N) is 2. The highest BCUT2D eigenvalue weighted by Gasteiger charge is 2.51. The lowest BCUT2D eigenvalue weighted by Crippen LogP contribution is -2.44. The first-order valence-corrected chi connectivity index (χ1v) is 9.51. The topological polar surface area (TPSA) is 87.7 Å². The standard InChI is InChI=1S/C22H25N3O4/c1-4-22(17-10-11-18(29-3)15(2)12-17)20(27)25(21(28)24-22)14-19(26)23-13-16-8-6-5-7-9-16/h5-12H,4,13-14H2,1-3H3,(H,23,26)(H,24,28). The van der Waals surface area contributed by atoms with E-state index in [0.29, 0.717) is 24.3 Å². The van der Waals surface area contributed by atoms with Crippen LogP contribution in [0, 0.1) is 6.92 Å². The Hall–Kier alpha value is -3.35. The van der Waals surface area contributed by atoms with Crippen molar-refractivity contribution in [3.8, 4) is 5.75 Å². The molecule has 1 aliphatic heterocycles. The summed E-state index contributed by atoms with van der Waals surface area (Å²) in [5.74, 6) is -0.117. The average Bonchev–Trinajstić information content (AvgIpc) is 2.98. The van der Waals surface area contributed by atoms with E-state index in [2.05, 4.69) is 10.6 Å². The van der Waals surface area contributed by atoms with Crippen molar-refractivity contribution in [2.75, 3.05) is 13.7 Å². The summed E-state index contributed by atoms with van der Waals surface area (Å²) in [5, 5.41) is 5.54. The number of urea groups is 1. The van der Waals surface area contributed by atoms with Gasteiger partial charge in [0.15, 0.2) is 0 Å². The summed E-state index contributed by atoms with van der Waals surface area (Å²) in [7, 11) is 1.58. The van der Waals surface area contributed by atoms with Gasteiger partial charge in [-0.1, -0.05) is 43.3 Å². The van der Waals surface area contributed by atoms with Crippen LogP contribution in [-0.4, -0.2) is 36.4 Å². The predicted molar refractivity (Wildman–Crippen MR) is 108 cm³/mol. The molecule has 1 atom stereocenters. The highest BCUT2D eigenvalue weighted by atomic mass is 16.5. The van der Waals surface area contributed by atoms with Gasteiger partial charge in [-0.05, 0) is 42.2 Å². The van der Waals surface area contributed by atoms with Gasteiger partial charge in [-0.2, -0.15) is 0 Å². The first-order valence-electron chi connectivity index (χ1n) is 9.51. The molecule has 1 saturated heterocycles. The van der Waals surface area contributed by atoms with Gasteiger partial charge in [-0.15, -0.1) is 0 Å². The van der Waals surface area contributed by atoms with Crippen LogP contribution in [0.15, 0.2) is 48.5 Å². The molecule has 2 aromatic carbocycles. The monoisotopic (exact) mass is 395 g/mol. The van der Waals surface area contributed by atoms with E-state index in [1.54, 1.807) is 19.2 Å². The molecule has 0 aliphatic carbocycles. The highest BCUT2D eigenvalue weighted by molar-refractivity contribution is 6.09. The zero-order valence-corrected chi connectivity index (χ0v) is 16.8. The van der Waals surface area contributed by atoms with Crippen molar-refractivity contribution in [3.05, 3.63) is 65.2 Å². The van der Waals surface area contributed by atoms with E-state index in [9.17, 15) is 14.4 Å². The molecule has 2 aromatic rings. The van der Waals surface area contributed by atoms with Crippen LogP contribution in [-0.2, 0) is 21.7 Å². The number of nitrogens with zero attached hydrogens (tertiary/aromatic N) is 1. The minimum Gasteiger partial charge on any atom is -0.496 e. The summed E-state index contributed by atoms with van der Waals surface area (Å²) in [4.78, 5) is 39.0. The van der Waals surface area contributed by atoms with Gasteiger partial charge in [-0.3, -0.25) is 14.5 Å². The fourth-order valence-electron chi connectivity index (χ4n) is 3.55. The Balaban J connectivity index is 1.75. The zero-order chi connectivity index (χ0) is 21.0. The van der Waals surface area contributed by atoms with Crippen molar-refractivity contribution < 1.29 is 19.1 Å². The van der Waals surface area contributed by atoms with Crippen LogP contribution in [0.2, 0.25) is 0 Å². The van der Waals surface area contributed by atoms with E-state index >= 15 is 0 Å². The lowest BCUT2D eigenvalue weighted by molar-refractivity contribution is -0.135. The number of amides is 4. The number of carbonyl (C=O) groups excluding carboxylic acids is 3. The number of methoxy groups -OCH3 is 1. The van der Waals surface area contributed by atoms with Crippen LogP contribution in [0.5, 0.6) is 5.75 Å². The Labute approximate surface area is 170 Å². The quantitative estimate of drug-likeness (QED) is 0.705. The van der Waals surface area contributed by atoms with Crippen molar-refractivity contribution in [1.82, 2.24) is 15.5 Å². The third kappa shape index (κ3) is 3.94. The van der Waals surface area contributed by atoms with Crippen molar-refractivity contribution in [1.29, 1.82) is 0 Å². The van der Waals surface area contributed by atoms with Crippen molar-refractivity contribution in [2.45, 2.75) is 32.4 Å². The van der Waals surface area contributed by atoms with E-state index in [-0.39, 0.29) is 6.54 Å². The van der Waals surface area contributed by atoms with Crippen LogP contribution in [0.25, 0.3) is 0 Å². The van der Waals surface area contributed by atoms with Gasteiger partial charge in [0.05, 0.1) is 7.11 Å². The molecule has 1 unspecified atom stereocenters. The van der Waals surface area contributed by atoms with Crippen molar-refractivity contribution >= 4 is 17.8 Å². The second-order valence-electron chi connectivity index (χ2n) is 7.03. The van der Waals surface area contributed by atoms with E-state index in [1.165, 1.54) is 0 Å². The normalized spacial score (nSPS) is 18.5. The maximum absolute atomic E-state index is 13.2. The Morgan fingerprint density at radius 2 is 1.90 bits per heavy atom. The molecule has 0 aromatic heterocycles. The third-order valence-corrected chi connectivity index (χ3v) is 5.23. The van der Waals surface area contributed by atoms with E-state index in [4.69, 9.17) is 4.74 Å². The number of carbonyl (C=O) groups is 3. The van der Waals surface area contributed by atoms with Gasteiger partial charge < -0.3 is 15.4 Å². The Morgan fingerprint density at radius 3 is 2.52 bits per heavy atom. The number of aryl methyl sites for hydroxylation is 1. The lowest BCUT2D eigenvalue weighted by atomic mass is 9.86. The molecule has 0 radical (unpaired) electrons. The second kappa shape index (κ2) is 8.34. The fourth-order valence-corrected chi connectivity index (χ4v) is 3.55. The molecule has 7 heteroatoms. The minimum absolute atomic E-state index is 0.325. The molecule has 2 N–H and O–H groups in total. The molecule has 152 valence electrons. The van der Waals surface area contributed by atoms with Crippen molar-refractivity contribution in [2.24, 2.45) is 0 Å². The molecule has 0 spiro atoms. The Morgan fingerprint density at radius 1 is 1.17 bits per heavy atom. The number of benzene rings is 2. The highest BCUT2D eigenvalue weighted by Crippen LogP contribution is 2.34. The molecule has 1 heterocycles. The minimum atomic E-state index is -1.19. The summed E-state index contributed by atoms with van der Waals surface area (Å²) in [6.45, 7) is 3.72. The van der Waals surface area contributed by atoms with E-state index in [1.807, 2.05) is 50.2 Å². The summed E-state index contributed by atoms with van der Waals surface area (Å²) in [5.41, 5.74) is 1.28. The molecule has 1 aliphatic rings. The first kappa shape index (κ1) is 20.4. The predicted octanol–water partition coefficient (Wildman–Crippen LogP) is 2.48. The molecule has 3 rings (SSSR count). The van der Waals surface area contributed by atoms with E-state index in [0.717, 1.165) is 16.0 Å². The Kier molecular flexibility index (Phi) is 5.87. The summed E-state index contributed by atoms with van der Waals surface area (Å²) < 4.78 is 5.28.